The highest BCUT2D eigenvalue weighted by atomic mass is 79.9. The van der Waals surface area contributed by atoms with E-state index in [0.717, 1.165) is 47.3 Å². The number of fused-ring (bicyclic) bond motifs is 3. The standard InChI is InChI=1S/C26H19BrN4OS/c1-2-6-21(32-14-16-9-11-18(27)12-10-16)19-13-20(17-7-4-3-5-8-17)31-26-22(19)23-24(33-26)25(28)30-15-29-23/h2-13,15H,1,14H2,(H2,28,29,30). The Labute approximate surface area is 203 Å². The van der Waals surface area contributed by atoms with E-state index >= 15 is 0 Å². The number of anilines is 1. The molecule has 33 heavy (non-hydrogen) atoms. The van der Waals surface area contributed by atoms with Gasteiger partial charge in [0, 0.05) is 21.0 Å². The summed E-state index contributed by atoms with van der Waals surface area (Å²) < 4.78 is 8.16. The first-order chi connectivity index (χ1) is 16.1. The van der Waals surface area contributed by atoms with Crippen molar-refractivity contribution in [2.24, 2.45) is 0 Å². The molecule has 5 nitrogen and oxygen atoms in total. The maximum absolute atomic E-state index is 6.32. The fourth-order valence-corrected chi connectivity index (χ4v) is 4.92. The van der Waals surface area contributed by atoms with Crippen molar-refractivity contribution in [1.29, 1.82) is 0 Å². The van der Waals surface area contributed by atoms with E-state index < -0.39 is 0 Å². The quantitative estimate of drug-likeness (QED) is 0.195. The molecule has 0 aliphatic rings. The lowest BCUT2D eigenvalue weighted by Gasteiger charge is -2.14. The molecule has 0 radical (unpaired) electrons. The fraction of sp³-hybridized carbons (Fsp3) is 0.0385. The van der Waals surface area contributed by atoms with E-state index in [4.69, 9.17) is 15.5 Å². The van der Waals surface area contributed by atoms with Gasteiger partial charge in [0.2, 0.25) is 0 Å². The zero-order valence-electron chi connectivity index (χ0n) is 17.5. The number of nitrogen functional groups attached to an aromatic ring is 1. The van der Waals surface area contributed by atoms with Gasteiger partial charge in [0.15, 0.2) is 0 Å². The van der Waals surface area contributed by atoms with Crippen molar-refractivity contribution in [3.05, 3.63) is 101 Å². The van der Waals surface area contributed by atoms with Crippen LogP contribution in [0.25, 0.3) is 37.4 Å². The number of aromatic nitrogens is 3. The number of hydrogen-bond donors (Lipinski definition) is 1. The van der Waals surface area contributed by atoms with E-state index in [9.17, 15) is 0 Å². The van der Waals surface area contributed by atoms with Crippen molar-refractivity contribution < 1.29 is 4.74 Å². The van der Waals surface area contributed by atoms with Crippen molar-refractivity contribution in [2.75, 3.05) is 5.73 Å². The van der Waals surface area contributed by atoms with E-state index in [-0.39, 0.29) is 0 Å². The van der Waals surface area contributed by atoms with Crippen molar-refractivity contribution in [3.63, 3.8) is 0 Å². The van der Waals surface area contributed by atoms with E-state index in [1.807, 2.05) is 66.7 Å². The molecule has 5 aromatic rings. The van der Waals surface area contributed by atoms with E-state index in [0.29, 0.717) is 18.2 Å². The second-order valence-electron chi connectivity index (χ2n) is 7.32. The van der Waals surface area contributed by atoms with E-state index in [2.05, 4.69) is 32.5 Å². The first-order valence-corrected chi connectivity index (χ1v) is 11.8. The smallest absolute Gasteiger partial charge is 0.144 e. The molecule has 0 spiro atoms. The van der Waals surface area contributed by atoms with E-state index in [1.165, 1.54) is 17.7 Å². The molecule has 3 aromatic heterocycles. The number of thiophene rings is 1. The minimum absolute atomic E-state index is 0.413. The number of nitrogens with zero attached hydrogens (tertiary/aromatic N) is 3. The molecular formula is C26H19BrN4OS. The fourth-order valence-electron chi connectivity index (χ4n) is 3.60. The van der Waals surface area contributed by atoms with Crippen LogP contribution < -0.4 is 5.73 Å². The predicted octanol–water partition coefficient (Wildman–Crippen LogP) is 6.99. The lowest BCUT2D eigenvalue weighted by atomic mass is 10.0. The molecule has 3 heterocycles. The lowest BCUT2D eigenvalue weighted by Crippen LogP contribution is -1.97. The number of pyridine rings is 1. The summed E-state index contributed by atoms with van der Waals surface area (Å²) in [7, 11) is 0. The zero-order chi connectivity index (χ0) is 22.8. The highest BCUT2D eigenvalue weighted by molar-refractivity contribution is 9.10. The Hall–Kier alpha value is -3.55. The van der Waals surface area contributed by atoms with Gasteiger partial charge in [-0.05, 0) is 29.8 Å². The SMILES string of the molecule is C=CC=C(OCc1ccc(Br)cc1)c1cc(-c2ccccc2)nc2sc3c(N)ncnc3c12. The Morgan fingerprint density at radius 3 is 2.64 bits per heavy atom. The normalized spacial score (nSPS) is 11.7. The summed E-state index contributed by atoms with van der Waals surface area (Å²) in [6, 6.07) is 20.2. The van der Waals surface area contributed by atoms with Crippen LogP contribution in [-0.4, -0.2) is 15.0 Å². The van der Waals surface area contributed by atoms with Crippen LogP contribution in [-0.2, 0) is 11.3 Å². The summed E-state index contributed by atoms with van der Waals surface area (Å²) >= 11 is 4.96. The Morgan fingerprint density at radius 2 is 1.88 bits per heavy atom. The predicted molar refractivity (Wildman–Crippen MR) is 140 cm³/mol. The second-order valence-corrected chi connectivity index (χ2v) is 9.24. The van der Waals surface area contributed by atoms with Gasteiger partial charge in [0.05, 0.1) is 15.9 Å². The molecule has 5 rings (SSSR count). The molecule has 0 fully saturated rings. The lowest BCUT2D eigenvalue weighted by molar-refractivity contribution is 0.265. The molecule has 0 saturated carbocycles. The van der Waals surface area contributed by atoms with Crippen LogP contribution in [0.2, 0.25) is 0 Å². The van der Waals surface area contributed by atoms with Gasteiger partial charge in [-0.25, -0.2) is 15.0 Å². The third-order valence-corrected chi connectivity index (χ3v) is 6.79. The minimum Gasteiger partial charge on any atom is -0.488 e. The average Bonchev–Trinajstić information content (AvgIpc) is 3.23. The number of halogens is 1. The monoisotopic (exact) mass is 514 g/mol. The summed E-state index contributed by atoms with van der Waals surface area (Å²) in [6.07, 6.45) is 5.08. The van der Waals surface area contributed by atoms with Crippen molar-refractivity contribution in [3.8, 4) is 11.3 Å². The Kier molecular flexibility index (Phi) is 5.90. The van der Waals surface area contributed by atoms with Gasteiger partial charge in [0.25, 0.3) is 0 Å². The highest BCUT2D eigenvalue weighted by Gasteiger charge is 2.19. The van der Waals surface area contributed by atoms with Crippen molar-refractivity contribution in [1.82, 2.24) is 15.0 Å². The molecule has 2 N–H and O–H groups in total. The number of nitrogens with two attached hydrogens (primary N) is 1. The average molecular weight is 515 g/mol. The topological polar surface area (TPSA) is 73.9 Å². The first kappa shape index (κ1) is 21.3. The zero-order valence-corrected chi connectivity index (χ0v) is 19.9. The van der Waals surface area contributed by atoms with Crippen LogP contribution in [0.4, 0.5) is 5.82 Å². The summed E-state index contributed by atoms with van der Waals surface area (Å²) in [5, 5.41) is 0.896. The van der Waals surface area contributed by atoms with Gasteiger partial charge in [-0.15, -0.1) is 11.3 Å². The maximum Gasteiger partial charge on any atom is 0.144 e. The number of hydrogen-bond acceptors (Lipinski definition) is 6. The van der Waals surface area contributed by atoms with Crippen LogP contribution in [0.15, 0.2) is 90.2 Å². The number of ether oxygens (including phenoxy) is 1. The van der Waals surface area contributed by atoms with Crippen LogP contribution in [0.3, 0.4) is 0 Å². The molecule has 0 atom stereocenters. The molecular weight excluding hydrogens is 496 g/mol. The van der Waals surface area contributed by atoms with Gasteiger partial charge < -0.3 is 10.5 Å². The third kappa shape index (κ3) is 4.25. The Morgan fingerprint density at radius 1 is 1.09 bits per heavy atom. The summed E-state index contributed by atoms with van der Waals surface area (Å²) in [4.78, 5) is 14.5. The highest BCUT2D eigenvalue weighted by Crippen LogP contribution is 2.40. The van der Waals surface area contributed by atoms with E-state index in [1.54, 1.807) is 6.08 Å². The summed E-state index contributed by atoms with van der Waals surface area (Å²) in [5.41, 5.74) is 10.7. The molecule has 0 unspecified atom stereocenters. The largest absolute Gasteiger partial charge is 0.488 e. The molecule has 0 amide bonds. The third-order valence-electron chi connectivity index (χ3n) is 5.17. The Balaban J connectivity index is 1.69. The molecule has 0 aliphatic carbocycles. The molecule has 0 saturated heterocycles. The van der Waals surface area contributed by atoms with Gasteiger partial charge in [0.1, 0.15) is 29.3 Å². The second kappa shape index (κ2) is 9.13. The number of rotatable bonds is 6. The Bertz CT molecular complexity index is 1490. The summed E-state index contributed by atoms with van der Waals surface area (Å²) in [6.45, 7) is 4.31. The van der Waals surface area contributed by atoms with Gasteiger partial charge in [-0.2, -0.15) is 0 Å². The van der Waals surface area contributed by atoms with Crippen LogP contribution >= 0.6 is 27.3 Å². The van der Waals surface area contributed by atoms with Gasteiger partial charge >= 0.3 is 0 Å². The van der Waals surface area contributed by atoms with Crippen molar-refractivity contribution >= 4 is 59.3 Å². The molecule has 2 aromatic carbocycles. The van der Waals surface area contributed by atoms with Gasteiger partial charge in [-0.1, -0.05) is 71.0 Å². The van der Waals surface area contributed by atoms with Crippen LogP contribution in [0, 0.1) is 0 Å². The minimum atomic E-state index is 0.413. The molecule has 7 heteroatoms. The van der Waals surface area contributed by atoms with Crippen molar-refractivity contribution in [2.45, 2.75) is 6.61 Å². The molecule has 162 valence electrons. The molecule has 0 bridgehead atoms. The maximum atomic E-state index is 6.32. The van der Waals surface area contributed by atoms with Crippen LogP contribution in [0.5, 0.6) is 0 Å². The number of allylic oxidation sites excluding steroid dienone is 2. The summed E-state index contributed by atoms with van der Waals surface area (Å²) in [5.74, 6) is 1.13. The molecule has 0 aliphatic heterocycles. The van der Waals surface area contributed by atoms with Gasteiger partial charge in [-0.3, -0.25) is 0 Å². The number of benzene rings is 2. The first-order valence-electron chi connectivity index (χ1n) is 10.2. The van der Waals surface area contributed by atoms with Crippen LogP contribution in [0.1, 0.15) is 11.1 Å².